The van der Waals surface area contributed by atoms with Gasteiger partial charge in [0.05, 0.1) is 5.56 Å². The van der Waals surface area contributed by atoms with Gasteiger partial charge in [-0.05, 0) is 43.5 Å². The van der Waals surface area contributed by atoms with Crippen molar-refractivity contribution in [3.05, 3.63) is 69.1 Å². The lowest BCUT2D eigenvalue weighted by atomic mass is 10.1. The van der Waals surface area contributed by atoms with Gasteiger partial charge >= 0.3 is 0 Å². The summed E-state index contributed by atoms with van der Waals surface area (Å²) >= 11 is 0. The molecule has 0 aliphatic heterocycles. The fraction of sp³-hybridized carbons (Fsp3) is 0.368. The minimum Gasteiger partial charge on any atom is -0.331 e. The van der Waals surface area contributed by atoms with Crippen molar-refractivity contribution >= 4 is 5.91 Å². The lowest BCUT2D eigenvalue weighted by Crippen LogP contribution is -2.39. The van der Waals surface area contributed by atoms with Crippen LogP contribution in [0.3, 0.4) is 0 Å². The van der Waals surface area contributed by atoms with E-state index in [-0.39, 0.29) is 29.6 Å². The Labute approximate surface area is 144 Å². The highest BCUT2D eigenvalue weighted by atomic mass is 19.1. The normalized spacial score (nSPS) is 14.7. The van der Waals surface area contributed by atoms with Crippen LogP contribution in [0.25, 0.3) is 0 Å². The summed E-state index contributed by atoms with van der Waals surface area (Å²) < 4.78 is 27.6. The Bertz CT molecular complexity index is 842. The van der Waals surface area contributed by atoms with Crippen LogP contribution in [0.5, 0.6) is 0 Å². The number of rotatable bonds is 4. The van der Waals surface area contributed by atoms with Gasteiger partial charge in [-0.1, -0.05) is 12.8 Å². The van der Waals surface area contributed by atoms with E-state index >= 15 is 0 Å². The Morgan fingerprint density at radius 2 is 1.96 bits per heavy atom. The molecule has 25 heavy (non-hydrogen) atoms. The standard InChI is InChI=1S/C19H20F2N2O2/c1-12-8-18(24)22-10-16(12)19(25)23(15-4-2-3-5-15)11-13-9-14(20)6-7-17(13)21/h6-10,15H,2-5,11H2,1H3,(H,22,24). The third-order valence-corrected chi connectivity index (χ3v) is 4.74. The van der Waals surface area contributed by atoms with E-state index in [4.69, 9.17) is 0 Å². The van der Waals surface area contributed by atoms with Crippen LogP contribution in [0.4, 0.5) is 8.78 Å². The first-order valence-electron chi connectivity index (χ1n) is 8.40. The Hall–Kier alpha value is -2.50. The van der Waals surface area contributed by atoms with Crippen LogP contribution in [0, 0.1) is 18.6 Å². The van der Waals surface area contributed by atoms with Gasteiger partial charge in [0.2, 0.25) is 5.56 Å². The van der Waals surface area contributed by atoms with E-state index in [1.165, 1.54) is 12.3 Å². The molecule has 3 rings (SSSR count). The van der Waals surface area contributed by atoms with Gasteiger partial charge in [-0.2, -0.15) is 0 Å². The molecule has 1 aliphatic rings. The number of nitrogens with zero attached hydrogens (tertiary/aromatic N) is 1. The largest absolute Gasteiger partial charge is 0.331 e. The Morgan fingerprint density at radius 1 is 1.24 bits per heavy atom. The number of nitrogens with one attached hydrogen (secondary N) is 1. The molecule has 0 spiro atoms. The number of aryl methyl sites for hydroxylation is 1. The number of carbonyl (C=O) groups excluding carboxylic acids is 1. The van der Waals surface area contributed by atoms with Gasteiger partial charge in [-0.15, -0.1) is 0 Å². The fourth-order valence-corrected chi connectivity index (χ4v) is 3.39. The number of aromatic amines is 1. The molecule has 1 fully saturated rings. The molecule has 0 saturated heterocycles. The zero-order chi connectivity index (χ0) is 18.0. The minimum atomic E-state index is -0.532. The van der Waals surface area contributed by atoms with E-state index in [0.29, 0.717) is 11.1 Å². The molecule has 1 aliphatic carbocycles. The summed E-state index contributed by atoms with van der Waals surface area (Å²) in [4.78, 5) is 28.6. The van der Waals surface area contributed by atoms with Crippen molar-refractivity contribution in [2.45, 2.75) is 45.2 Å². The summed E-state index contributed by atoms with van der Waals surface area (Å²) in [7, 11) is 0. The maximum atomic E-state index is 14.1. The second-order valence-electron chi connectivity index (χ2n) is 6.50. The molecule has 1 amide bonds. The van der Waals surface area contributed by atoms with Crippen molar-refractivity contribution in [2.75, 3.05) is 0 Å². The van der Waals surface area contributed by atoms with Gasteiger partial charge in [-0.3, -0.25) is 9.59 Å². The number of halogens is 2. The molecule has 132 valence electrons. The van der Waals surface area contributed by atoms with E-state index in [2.05, 4.69) is 4.98 Å². The first kappa shape index (κ1) is 17.3. The molecule has 1 aromatic heterocycles. The van der Waals surface area contributed by atoms with Crippen molar-refractivity contribution < 1.29 is 13.6 Å². The Morgan fingerprint density at radius 3 is 2.64 bits per heavy atom. The van der Waals surface area contributed by atoms with Crippen LogP contribution in [0.15, 0.2) is 35.3 Å². The fourth-order valence-electron chi connectivity index (χ4n) is 3.39. The molecule has 0 unspecified atom stereocenters. The molecular weight excluding hydrogens is 326 g/mol. The van der Waals surface area contributed by atoms with Crippen LogP contribution < -0.4 is 5.56 Å². The SMILES string of the molecule is Cc1cc(=O)[nH]cc1C(=O)N(Cc1cc(F)ccc1F)C1CCCC1. The quantitative estimate of drug-likeness (QED) is 0.920. The molecule has 1 aromatic carbocycles. The molecule has 0 bridgehead atoms. The molecule has 1 N–H and O–H groups in total. The smallest absolute Gasteiger partial charge is 0.256 e. The van der Waals surface area contributed by atoms with Crippen molar-refractivity contribution in [3.8, 4) is 0 Å². The zero-order valence-corrected chi connectivity index (χ0v) is 14.0. The van der Waals surface area contributed by atoms with Crippen LogP contribution in [0.2, 0.25) is 0 Å². The van der Waals surface area contributed by atoms with Gasteiger partial charge in [0, 0.05) is 30.4 Å². The molecule has 1 heterocycles. The number of hydrogen-bond donors (Lipinski definition) is 1. The number of hydrogen-bond acceptors (Lipinski definition) is 2. The second-order valence-corrected chi connectivity index (χ2v) is 6.50. The van der Waals surface area contributed by atoms with E-state index in [1.54, 1.807) is 11.8 Å². The van der Waals surface area contributed by atoms with E-state index in [0.717, 1.165) is 43.9 Å². The van der Waals surface area contributed by atoms with Crippen molar-refractivity contribution in [3.63, 3.8) is 0 Å². The maximum Gasteiger partial charge on any atom is 0.256 e. The summed E-state index contributed by atoms with van der Waals surface area (Å²) in [6.07, 6.45) is 5.08. The number of amides is 1. The third kappa shape index (κ3) is 3.78. The summed E-state index contributed by atoms with van der Waals surface area (Å²) in [5.41, 5.74) is 0.819. The van der Waals surface area contributed by atoms with Gasteiger partial charge < -0.3 is 9.88 Å². The summed E-state index contributed by atoms with van der Waals surface area (Å²) in [5, 5.41) is 0. The summed E-state index contributed by atoms with van der Waals surface area (Å²) in [6.45, 7) is 1.70. The van der Waals surface area contributed by atoms with Crippen LogP contribution in [0.1, 0.15) is 47.2 Å². The maximum absolute atomic E-state index is 14.1. The van der Waals surface area contributed by atoms with E-state index in [9.17, 15) is 18.4 Å². The predicted octanol–water partition coefficient (Wildman–Crippen LogP) is 3.55. The van der Waals surface area contributed by atoms with Gasteiger partial charge in [0.15, 0.2) is 0 Å². The average molecular weight is 346 g/mol. The average Bonchev–Trinajstić information content (AvgIpc) is 3.09. The molecule has 0 radical (unpaired) electrons. The first-order chi connectivity index (χ1) is 12.0. The van der Waals surface area contributed by atoms with Crippen molar-refractivity contribution in [1.82, 2.24) is 9.88 Å². The Balaban J connectivity index is 1.95. The van der Waals surface area contributed by atoms with E-state index < -0.39 is 11.6 Å². The van der Waals surface area contributed by atoms with Crippen molar-refractivity contribution in [1.29, 1.82) is 0 Å². The molecule has 2 aromatic rings. The number of carbonyl (C=O) groups is 1. The second kappa shape index (κ2) is 7.17. The van der Waals surface area contributed by atoms with Gasteiger partial charge in [0.1, 0.15) is 11.6 Å². The van der Waals surface area contributed by atoms with Crippen molar-refractivity contribution in [2.24, 2.45) is 0 Å². The molecule has 4 nitrogen and oxygen atoms in total. The minimum absolute atomic E-state index is 0.00561. The highest BCUT2D eigenvalue weighted by Crippen LogP contribution is 2.27. The van der Waals surface area contributed by atoms with Crippen LogP contribution >= 0.6 is 0 Å². The number of aromatic nitrogens is 1. The Kier molecular flexibility index (Phi) is 4.97. The first-order valence-corrected chi connectivity index (χ1v) is 8.40. The zero-order valence-electron chi connectivity index (χ0n) is 14.0. The van der Waals surface area contributed by atoms with Crippen LogP contribution in [-0.2, 0) is 6.54 Å². The summed E-state index contributed by atoms with van der Waals surface area (Å²) in [5.74, 6) is -1.34. The molecule has 6 heteroatoms. The number of pyridine rings is 1. The number of H-pyrrole nitrogens is 1. The molecular formula is C19H20F2N2O2. The third-order valence-electron chi connectivity index (χ3n) is 4.74. The van der Waals surface area contributed by atoms with Gasteiger partial charge in [-0.25, -0.2) is 8.78 Å². The van der Waals surface area contributed by atoms with Gasteiger partial charge in [0.25, 0.3) is 5.91 Å². The molecule has 1 saturated carbocycles. The monoisotopic (exact) mass is 346 g/mol. The number of benzene rings is 1. The van der Waals surface area contributed by atoms with Crippen LogP contribution in [-0.4, -0.2) is 21.8 Å². The lowest BCUT2D eigenvalue weighted by Gasteiger charge is -2.30. The highest BCUT2D eigenvalue weighted by Gasteiger charge is 2.29. The summed E-state index contributed by atoms with van der Waals surface area (Å²) in [6, 6.07) is 4.62. The highest BCUT2D eigenvalue weighted by molar-refractivity contribution is 5.95. The predicted molar refractivity (Wildman–Crippen MR) is 90.3 cm³/mol. The van der Waals surface area contributed by atoms with E-state index in [1.807, 2.05) is 0 Å². The lowest BCUT2D eigenvalue weighted by molar-refractivity contribution is 0.0661. The topological polar surface area (TPSA) is 53.2 Å². The molecule has 0 atom stereocenters.